The third-order valence-corrected chi connectivity index (χ3v) is 2.73. The van der Waals surface area contributed by atoms with E-state index in [-0.39, 0.29) is 6.61 Å². The van der Waals surface area contributed by atoms with E-state index < -0.39 is 5.82 Å². The molecule has 3 N–H and O–H groups in total. The van der Waals surface area contributed by atoms with Crippen LogP contribution in [-0.2, 0) is 6.61 Å². The Hall–Kier alpha value is -0.610. The Morgan fingerprint density at radius 2 is 2.25 bits per heavy atom. The van der Waals surface area contributed by atoms with Gasteiger partial charge in [-0.25, -0.2) is 4.39 Å². The van der Waals surface area contributed by atoms with Crippen molar-refractivity contribution in [2.75, 3.05) is 5.73 Å². The molecule has 1 rings (SSSR count). The van der Waals surface area contributed by atoms with E-state index in [1.54, 1.807) is 6.92 Å². The first kappa shape index (κ1) is 9.48. The average Bonchev–Trinajstić information content (AvgIpc) is 2.08. The van der Waals surface area contributed by atoms with E-state index in [4.69, 9.17) is 10.8 Å². The molecule has 4 heteroatoms. The molecule has 1 aromatic rings. The van der Waals surface area contributed by atoms with Crippen LogP contribution in [0.1, 0.15) is 11.1 Å². The summed E-state index contributed by atoms with van der Waals surface area (Å²) in [6, 6.07) is 1.23. The minimum absolute atomic E-state index is 0.239. The Bertz CT molecular complexity index is 314. The molecule has 0 bridgehead atoms. The summed E-state index contributed by atoms with van der Waals surface area (Å²) in [5, 5.41) is 8.80. The Kier molecular flexibility index (Phi) is 2.69. The molecule has 0 aromatic heterocycles. The SMILES string of the molecule is Cc1c(N)c(CO)cc(F)c1Br. The van der Waals surface area contributed by atoms with Gasteiger partial charge in [-0.1, -0.05) is 0 Å². The Labute approximate surface area is 78.3 Å². The highest BCUT2D eigenvalue weighted by Gasteiger charge is 2.09. The van der Waals surface area contributed by atoms with Gasteiger partial charge in [-0.3, -0.25) is 0 Å². The van der Waals surface area contributed by atoms with Gasteiger partial charge in [-0.15, -0.1) is 0 Å². The maximum absolute atomic E-state index is 13.0. The van der Waals surface area contributed by atoms with Crippen molar-refractivity contribution in [2.45, 2.75) is 13.5 Å². The molecule has 2 nitrogen and oxygen atoms in total. The van der Waals surface area contributed by atoms with Gasteiger partial charge in [0.15, 0.2) is 0 Å². The van der Waals surface area contributed by atoms with E-state index in [1.807, 2.05) is 0 Å². The lowest BCUT2D eigenvalue weighted by molar-refractivity contribution is 0.282. The molecule has 12 heavy (non-hydrogen) atoms. The van der Waals surface area contributed by atoms with Gasteiger partial charge in [0.1, 0.15) is 5.82 Å². The number of nitrogens with two attached hydrogens (primary N) is 1. The fraction of sp³-hybridized carbons (Fsp3) is 0.250. The molecule has 0 radical (unpaired) electrons. The van der Waals surface area contributed by atoms with Gasteiger partial charge >= 0.3 is 0 Å². The summed E-state index contributed by atoms with van der Waals surface area (Å²) in [4.78, 5) is 0. The number of halogens is 2. The van der Waals surface area contributed by atoms with Gasteiger partial charge in [-0.05, 0) is 34.5 Å². The molecule has 0 aliphatic heterocycles. The summed E-state index contributed by atoms with van der Waals surface area (Å²) in [6.07, 6.45) is 0. The molecule has 0 spiro atoms. The van der Waals surface area contributed by atoms with Gasteiger partial charge in [0.2, 0.25) is 0 Å². The fourth-order valence-corrected chi connectivity index (χ4v) is 1.29. The number of anilines is 1. The smallest absolute Gasteiger partial charge is 0.138 e. The van der Waals surface area contributed by atoms with E-state index in [0.717, 1.165) is 0 Å². The van der Waals surface area contributed by atoms with Crippen molar-refractivity contribution in [3.63, 3.8) is 0 Å². The summed E-state index contributed by atoms with van der Waals surface area (Å²) in [5.41, 5.74) is 7.09. The molecular formula is C8H9BrFNO. The Morgan fingerprint density at radius 1 is 1.67 bits per heavy atom. The monoisotopic (exact) mass is 233 g/mol. The van der Waals surface area contributed by atoms with Crippen molar-refractivity contribution in [1.82, 2.24) is 0 Å². The minimum Gasteiger partial charge on any atom is -0.398 e. The first-order chi connectivity index (χ1) is 5.57. The zero-order valence-corrected chi connectivity index (χ0v) is 8.15. The van der Waals surface area contributed by atoms with Crippen LogP contribution in [0.5, 0.6) is 0 Å². The summed E-state index contributed by atoms with van der Waals surface area (Å²) >= 11 is 3.06. The van der Waals surface area contributed by atoms with Crippen LogP contribution in [0.2, 0.25) is 0 Å². The largest absolute Gasteiger partial charge is 0.398 e. The Morgan fingerprint density at radius 3 is 2.75 bits per heavy atom. The number of rotatable bonds is 1. The van der Waals surface area contributed by atoms with Crippen LogP contribution in [-0.4, -0.2) is 5.11 Å². The molecule has 0 unspecified atom stereocenters. The molecule has 0 fully saturated rings. The van der Waals surface area contributed by atoms with Crippen LogP contribution in [0.15, 0.2) is 10.5 Å². The van der Waals surface area contributed by atoms with Gasteiger partial charge in [0.05, 0.1) is 11.1 Å². The zero-order valence-electron chi connectivity index (χ0n) is 6.56. The average molecular weight is 234 g/mol. The van der Waals surface area contributed by atoms with Crippen molar-refractivity contribution in [3.05, 3.63) is 27.5 Å². The molecule has 0 aliphatic carbocycles. The summed E-state index contributed by atoms with van der Waals surface area (Å²) in [5.74, 6) is -0.397. The Balaban J connectivity index is 3.39. The van der Waals surface area contributed by atoms with E-state index >= 15 is 0 Å². The second-order valence-corrected chi connectivity index (χ2v) is 3.32. The lowest BCUT2D eigenvalue weighted by Gasteiger charge is -2.08. The molecule has 0 heterocycles. The second-order valence-electron chi connectivity index (χ2n) is 2.53. The van der Waals surface area contributed by atoms with Crippen molar-refractivity contribution >= 4 is 21.6 Å². The van der Waals surface area contributed by atoms with Crippen LogP contribution in [0.3, 0.4) is 0 Å². The zero-order chi connectivity index (χ0) is 9.30. The minimum atomic E-state index is -0.397. The third-order valence-electron chi connectivity index (χ3n) is 1.76. The second kappa shape index (κ2) is 3.41. The maximum Gasteiger partial charge on any atom is 0.138 e. The van der Waals surface area contributed by atoms with E-state index in [2.05, 4.69) is 15.9 Å². The van der Waals surface area contributed by atoms with Crippen molar-refractivity contribution in [3.8, 4) is 0 Å². The maximum atomic E-state index is 13.0. The molecular weight excluding hydrogens is 225 g/mol. The molecule has 0 saturated heterocycles. The number of aliphatic hydroxyl groups is 1. The standard InChI is InChI=1S/C8H9BrFNO/c1-4-7(9)6(10)2-5(3-12)8(4)11/h2,12H,3,11H2,1H3. The highest BCUT2D eigenvalue weighted by atomic mass is 79.9. The van der Waals surface area contributed by atoms with Crippen LogP contribution in [0, 0.1) is 12.7 Å². The number of hydrogen-bond acceptors (Lipinski definition) is 2. The van der Waals surface area contributed by atoms with Gasteiger partial charge in [-0.2, -0.15) is 0 Å². The molecule has 0 amide bonds. The van der Waals surface area contributed by atoms with Gasteiger partial charge < -0.3 is 10.8 Å². The molecule has 0 aliphatic rings. The predicted octanol–water partition coefficient (Wildman–Crippen LogP) is 1.97. The van der Waals surface area contributed by atoms with E-state index in [0.29, 0.717) is 21.3 Å². The third kappa shape index (κ3) is 1.44. The molecule has 1 aromatic carbocycles. The van der Waals surface area contributed by atoms with E-state index in [9.17, 15) is 4.39 Å². The summed E-state index contributed by atoms with van der Waals surface area (Å²) < 4.78 is 13.4. The first-order valence-corrected chi connectivity index (χ1v) is 4.21. The number of aliphatic hydroxyl groups excluding tert-OH is 1. The predicted molar refractivity (Wildman–Crippen MR) is 49.2 cm³/mol. The number of benzene rings is 1. The molecule has 0 saturated carbocycles. The molecule has 66 valence electrons. The lowest BCUT2D eigenvalue weighted by atomic mass is 10.1. The lowest BCUT2D eigenvalue weighted by Crippen LogP contribution is -1.99. The quantitative estimate of drug-likeness (QED) is 0.729. The molecule has 0 atom stereocenters. The van der Waals surface area contributed by atoms with Gasteiger partial charge in [0.25, 0.3) is 0 Å². The van der Waals surface area contributed by atoms with E-state index in [1.165, 1.54) is 6.07 Å². The van der Waals surface area contributed by atoms with Crippen LogP contribution in [0.25, 0.3) is 0 Å². The number of hydrogen-bond donors (Lipinski definition) is 2. The van der Waals surface area contributed by atoms with Gasteiger partial charge in [0, 0.05) is 11.3 Å². The normalized spacial score (nSPS) is 10.3. The van der Waals surface area contributed by atoms with Crippen LogP contribution >= 0.6 is 15.9 Å². The van der Waals surface area contributed by atoms with Crippen LogP contribution in [0.4, 0.5) is 10.1 Å². The van der Waals surface area contributed by atoms with Crippen molar-refractivity contribution in [2.24, 2.45) is 0 Å². The fourth-order valence-electron chi connectivity index (χ4n) is 0.963. The summed E-state index contributed by atoms with van der Waals surface area (Å²) in [6.45, 7) is 1.46. The summed E-state index contributed by atoms with van der Waals surface area (Å²) in [7, 11) is 0. The van der Waals surface area contributed by atoms with Crippen molar-refractivity contribution < 1.29 is 9.50 Å². The topological polar surface area (TPSA) is 46.2 Å². The van der Waals surface area contributed by atoms with Crippen LogP contribution < -0.4 is 5.73 Å². The highest BCUT2D eigenvalue weighted by Crippen LogP contribution is 2.28. The van der Waals surface area contributed by atoms with Crippen molar-refractivity contribution in [1.29, 1.82) is 0 Å². The highest BCUT2D eigenvalue weighted by molar-refractivity contribution is 9.10. The number of nitrogen functional groups attached to an aromatic ring is 1. The first-order valence-electron chi connectivity index (χ1n) is 3.41.